The molecule has 1 aliphatic heterocycles. The predicted molar refractivity (Wildman–Crippen MR) is 125 cm³/mol. The molecule has 3 aromatic carbocycles. The number of ether oxygens (including phenoxy) is 2. The van der Waals surface area contributed by atoms with Gasteiger partial charge < -0.3 is 9.47 Å². The predicted octanol–water partition coefficient (Wildman–Crippen LogP) is 4.82. The molecule has 0 N–H and O–H groups in total. The molecule has 33 heavy (non-hydrogen) atoms. The topological polar surface area (TPSA) is 55.8 Å². The second-order valence-corrected chi connectivity index (χ2v) is 10.0. The molecule has 1 aliphatic rings. The van der Waals surface area contributed by atoms with Gasteiger partial charge in [0.2, 0.25) is 10.0 Å². The first-order chi connectivity index (χ1) is 16.0. The fourth-order valence-electron chi connectivity index (χ4n) is 3.92. The van der Waals surface area contributed by atoms with Crippen LogP contribution >= 0.6 is 0 Å². The quantitative estimate of drug-likeness (QED) is 0.427. The van der Waals surface area contributed by atoms with Gasteiger partial charge in [0.1, 0.15) is 11.6 Å². The minimum atomic E-state index is -3.69. The van der Waals surface area contributed by atoms with Gasteiger partial charge >= 0.3 is 0 Å². The molecule has 1 fully saturated rings. The lowest BCUT2D eigenvalue weighted by Crippen LogP contribution is -2.36. The fourth-order valence-corrected chi connectivity index (χ4v) is 5.40. The summed E-state index contributed by atoms with van der Waals surface area (Å²) < 4.78 is 53.6. The summed E-state index contributed by atoms with van der Waals surface area (Å²) >= 11 is 0. The average Bonchev–Trinajstić information content (AvgIpc) is 3.34. The maximum Gasteiger partial charge on any atom is 0.243 e. The van der Waals surface area contributed by atoms with E-state index in [1.54, 1.807) is 48.5 Å². The number of hydrogen-bond acceptors (Lipinski definition) is 4. The van der Waals surface area contributed by atoms with E-state index in [0.29, 0.717) is 37.5 Å². The molecular formula is C26H28FNO4S. The number of halogens is 1. The molecule has 0 amide bonds. The third-order valence-electron chi connectivity index (χ3n) is 5.67. The first-order valence-electron chi connectivity index (χ1n) is 11.1. The molecule has 0 radical (unpaired) electrons. The normalized spacial score (nSPS) is 16.2. The Morgan fingerprint density at radius 1 is 1.00 bits per heavy atom. The van der Waals surface area contributed by atoms with Crippen molar-refractivity contribution in [2.45, 2.75) is 36.8 Å². The van der Waals surface area contributed by atoms with E-state index in [-0.39, 0.29) is 23.4 Å². The molecule has 4 rings (SSSR count). The van der Waals surface area contributed by atoms with E-state index in [1.807, 2.05) is 24.3 Å². The molecule has 1 heterocycles. The molecule has 3 aromatic rings. The second-order valence-electron chi connectivity index (χ2n) is 8.08. The van der Waals surface area contributed by atoms with Crippen LogP contribution < -0.4 is 4.74 Å². The maximum absolute atomic E-state index is 13.8. The fraction of sp³-hybridized carbons (Fsp3) is 0.308. The number of hydrogen-bond donors (Lipinski definition) is 0. The maximum atomic E-state index is 13.8. The molecule has 1 atom stereocenters. The monoisotopic (exact) mass is 469 g/mol. The number of sulfonamides is 1. The zero-order valence-electron chi connectivity index (χ0n) is 18.4. The molecule has 0 aliphatic carbocycles. The van der Waals surface area contributed by atoms with Crippen molar-refractivity contribution in [1.29, 1.82) is 0 Å². The second kappa shape index (κ2) is 10.9. The first-order valence-corrected chi connectivity index (χ1v) is 12.6. The summed E-state index contributed by atoms with van der Waals surface area (Å²) in [6.07, 6.45) is 2.13. The van der Waals surface area contributed by atoms with Crippen LogP contribution in [0, 0.1) is 5.82 Å². The first kappa shape index (κ1) is 23.4. The lowest BCUT2D eigenvalue weighted by molar-refractivity contribution is 0.0926. The van der Waals surface area contributed by atoms with Crippen molar-refractivity contribution in [2.24, 2.45) is 0 Å². The van der Waals surface area contributed by atoms with Crippen molar-refractivity contribution in [2.75, 3.05) is 19.8 Å². The Labute approximate surface area is 194 Å². The van der Waals surface area contributed by atoms with Crippen LogP contribution in [0.4, 0.5) is 4.39 Å². The summed E-state index contributed by atoms with van der Waals surface area (Å²) in [6.45, 7) is 1.50. The summed E-state index contributed by atoms with van der Waals surface area (Å²) in [7, 11) is -3.69. The highest BCUT2D eigenvalue weighted by Crippen LogP contribution is 2.24. The van der Waals surface area contributed by atoms with Crippen molar-refractivity contribution >= 4 is 10.0 Å². The lowest BCUT2D eigenvalue weighted by atomic mass is 10.1. The van der Waals surface area contributed by atoms with Gasteiger partial charge in [0, 0.05) is 26.1 Å². The van der Waals surface area contributed by atoms with Gasteiger partial charge in [-0.15, -0.1) is 0 Å². The summed E-state index contributed by atoms with van der Waals surface area (Å²) in [5.74, 6) is 0.378. The molecule has 1 saturated heterocycles. The van der Waals surface area contributed by atoms with Gasteiger partial charge in [-0.05, 0) is 54.3 Å². The van der Waals surface area contributed by atoms with Gasteiger partial charge in [-0.2, -0.15) is 4.31 Å². The van der Waals surface area contributed by atoms with Crippen LogP contribution in [0.2, 0.25) is 0 Å². The highest BCUT2D eigenvalue weighted by atomic mass is 32.2. The summed E-state index contributed by atoms with van der Waals surface area (Å²) in [4.78, 5) is 0.264. The molecule has 0 unspecified atom stereocenters. The summed E-state index contributed by atoms with van der Waals surface area (Å²) in [5.41, 5.74) is 1.42. The summed E-state index contributed by atoms with van der Waals surface area (Å²) in [5, 5.41) is 0. The number of benzene rings is 3. The zero-order chi connectivity index (χ0) is 23.1. The van der Waals surface area contributed by atoms with E-state index in [9.17, 15) is 12.8 Å². The Balaban J connectivity index is 1.47. The molecule has 174 valence electrons. The van der Waals surface area contributed by atoms with Gasteiger partial charge in [0.25, 0.3) is 0 Å². The van der Waals surface area contributed by atoms with Crippen molar-refractivity contribution in [3.05, 3.63) is 95.8 Å². The minimum absolute atomic E-state index is 0.108. The molecular weight excluding hydrogens is 441 g/mol. The Morgan fingerprint density at radius 3 is 2.55 bits per heavy atom. The van der Waals surface area contributed by atoms with E-state index in [2.05, 4.69) is 0 Å². The van der Waals surface area contributed by atoms with E-state index in [0.717, 1.165) is 18.4 Å². The molecule has 0 saturated carbocycles. The third kappa shape index (κ3) is 6.19. The molecule has 0 aromatic heterocycles. The van der Waals surface area contributed by atoms with Gasteiger partial charge in [-0.3, -0.25) is 0 Å². The van der Waals surface area contributed by atoms with Gasteiger partial charge in [0.05, 0.1) is 17.6 Å². The van der Waals surface area contributed by atoms with Crippen LogP contribution in [-0.4, -0.2) is 38.6 Å². The van der Waals surface area contributed by atoms with E-state index in [1.165, 1.54) is 10.4 Å². The van der Waals surface area contributed by atoms with Crippen molar-refractivity contribution < 1.29 is 22.3 Å². The SMILES string of the molecule is O=S(=O)(c1ccccc1)N(Cc1cccc(OCCc2ccccc2F)c1)C[C@H]1CCCO1. The molecule has 0 bridgehead atoms. The van der Waals surface area contributed by atoms with Crippen LogP contribution in [0.1, 0.15) is 24.0 Å². The van der Waals surface area contributed by atoms with E-state index in [4.69, 9.17) is 9.47 Å². The Morgan fingerprint density at radius 2 is 1.79 bits per heavy atom. The smallest absolute Gasteiger partial charge is 0.243 e. The van der Waals surface area contributed by atoms with Crippen LogP contribution in [0.15, 0.2) is 83.8 Å². The van der Waals surface area contributed by atoms with Crippen molar-refractivity contribution in [3.8, 4) is 5.75 Å². The van der Waals surface area contributed by atoms with Gasteiger partial charge in [-0.25, -0.2) is 12.8 Å². The largest absolute Gasteiger partial charge is 0.493 e. The van der Waals surface area contributed by atoms with E-state index >= 15 is 0 Å². The average molecular weight is 470 g/mol. The number of nitrogens with zero attached hydrogens (tertiary/aromatic N) is 1. The van der Waals surface area contributed by atoms with Gasteiger partial charge in [-0.1, -0.05) is 48.5 Å². The van der Waals surface area contributed by atoms with Crippen molar-refractivity contribution in [1.82, 2.24) is 4.31 Å². The molecule has 7 heteroatoms. The highest BCUT2D eigenvalue weighted by Gasteiger charge is 2.29. The van der Waals surface area contributed by atoms with Crippen LogP contribution in [-0.2, 0) is 27.7 Å². The standard InChI is InChI=1S/C26H28FNO4S/c27-26-14-5-4-9-22(26)15-17-32-23-10-6-8-21(18-23)19-28(20-24-11-7-16-31-24)33(29,30)25-12-2-1-3-13-25/h1-6,8-10,12-14,18,24H,7,11,15-17,19-20H2/t24-/m1/s1. The third-order valence-corrected chi connectivity index (χ3v) is 7.49. The number of rotatable bonds is 10. The van der Waals surface area contributed by atoms with Crippen molar-refractivity contribution in [3.63, 3.8) is 0 Å². The minimum Gasteiger partial charge on any atom is -0.493 e. The van der Waals surface area contributed by atoms with Crippen LogP contribution in [0.5, 0.6) is 5.75 Å². The highest BCUT2D eigenvalue weighted by molar-refractivity contribution is 7.89. The summed E-state index contributed by atoms with van der Waals surface area (Å²) in [6, 6.07) is 22.5. The van der Waals surface area contributed by atoms with Crippen LogP contribution in [0.25, 0.3) is 0 Å². The zero-order valence-corrected chi connectivity index (χ0v) is 19.2. The van der Waals surface area contributed by atoms with E-state index < -0.39 is 10.0 Å². The Hall–Kier alpha value is -2.74. The Bertz CT molecular complexity index is 1150. The Kier molecular flexibility index (Phi) is 7.75. The van der Waals surface area contributed by atoms with Crippen LogP contribution in [0.3, 0.4) is 0 Å². The molecule has 0 spiro atoms. The van der Waals surface area contributed by atoms with Gasteiger partial charge in [0.15, 0.2) is 0 Å². The lowest BCUT2D eigenvalue weighted by Gasteiger charge is -2.25. The molecule has 5 nitrogen and oxygen atoms in total.